The van der Waals surface area contributed by atoms with Crippen molar-refractivity contribution in [2.45, 2.75) is 26.7 Å². The number of para-hydroxylation sites is 2. The summed E-state index contributed by atoms with van der Waals surface area (Å²) in [6, 6.07) is 12.4. The van der Waals surface area contributed by atoms with Crippen LogP contribution in [0.3, 0.4) is 0 Å². The molecule has 5 heteroatoms. The molecule has 1 saturated heterocycles. The molecule has 2 amide bonds. The maximum Gasteiger partial charge on any atom is 0.238 e. The summed E-state index contributed by atoms with van der Waals surface area (Å²) in [5.74, 6) is -0.796. The minimum Gasteiger partial charge on any atom is -0.483 e. The molecule has 2 aromatic carbocycles. The molecule has 2 aromatic rings. The van der Waals surface area contributed by atoms with E-state index in [1.807, 2.05) is 38.1 Å². The van der Waals surface area contributed by atoms with Gasteiger partial charge in [-0.05, 0) is 56.0 Å². The van der Waals surface area contributed by atoms with Crippen LogP contribution in [0.2, 0.25) is 0 Å². The van der Waals surface area contributed by atoms with Crippen LogP contribution in [-0.4, -0.2) is 24.2 Å². The van der Waals surface area contributed by atoms with Gasteiger partial charge in [-0.1, -0.05) is 36.4 Å². The summed E-state index contributed by atoms with van der Waals surface area (Å²) in [6.45, 7) is 3.79. The number of anilines is 1. The van der Waals surface area contributed by atoms with Gasteiger partial charge in [-0.15, -0.1) is 0 Å². The number of benzene rings is 2. The fourth-order valence-electron chi connectivity index (χ4n) is 3.94. The fourth-order valence-corrected chi connectivity index (χ4v) is 3.94. The Balaban J connectivity index is 1.54. The molecule has 2 aliphatic rings. The lowest BCUT2D eigenvalue weighted by Gasteiger charge is -2.19. The van der Waals surface area contributed by atoms with E-state index in [1.54, 1.807) is 30.3 Å². The van der Waals surface area contributed by atoms with Crippen LogP contribution in [0, 0.1) is 25.7 Å². The van der Waals surface area contributed by atoms with E-state index in [2.05, 4.69) is 0 Å². The number of imide groups is 1. The van der Waals surface area contributed by atoms with E-state index in [-0.39, 0.29) is 36.0 Å². The molecule has 0 bridgehead atoms. The predicted octanol–water partition coefficient (Wildman–Crippen LogP) is 4.02. The van der Waals surface area contributed by atoms with Crippen molar-refractivity contribution in [1.29, 1.82) is 0 Å². The smallest absolute Gasteiger partial charge is 0.238 e. The van der Waals surface area contributed by atoms with E-state index in [9.17, 15) is 14.4 Å². The number of ether oxygens (including phenoxy) is 1. The van der Waals surface area contributed by atoms with Gasteiger partial charge in [0.25, 0.3) is 0 Å². The molecule has 0 unspecified atom stereocenters. The molecular weight excluding hydrogens is 366 g/mol. The second-order valence-electron chi connectivity index (χ2n) is 7.65. The third kappa shape index (κ3) is 3.48. The lowest BCUT2D eigenvalue weighted by Crippen LogP contribution is -2.31. The minimum atomic E-state index is -0.308. The Labute approximate surface area is 170 Å². The summed E-state index contributed by atoms with van der Waals surface area (Å²) in [5, 5.41) is 0. The average molecular weight is 389 g/mol. The van der Waals surface area contributed by atoms with Gasteiger partial charge in [-0.2, -0.15) is 0 Å². The molecule has 1 aliphatic heterocycles. The Morgan fingerprint density at radius 3 is 2.28 bits per heavy atom. The number of hydrogen-bond acceptors (Lipinski definition) is 4. The summed E-state index contributed by atoms with van der Waals surface area (Å²) >= 11 is 0. The molecule has 0 N–H and O–H groups in total. The molecule has 1 aliphatic carbocycles. The van der Waals surface area contributed by atoms with Crippen molar-refractivity contribution in [3.8, 4) is 5.75 Å². The average Bonchev–Trinajstić information content (AvgIpc) is 2.99. The highest BCUT2D eigenvalue weighted by molar-refractivity contribution is 6.22. The van der Waals surface area contributed by atoms with E-state index in [1.165, 1.54) is 4.90 Å². The Bertz CT molecular complexity index is 997. The normalized spacial score (nSPS) is 20.7. The van der Waals surface area contributed by atoms with Gasteiger partial charge in [0.15, 0.2) is 12.4 Å². The first-order chi connectivity index (χ1) is 14.0. The molecule has 148 valence electrons. The lowest BCUT2D eigenvalue weighted by molar-refractivity contribution is -0.122. The van der Waals surface area contributed by atoms with Gasteiger partial charge in [0.05, 0.1) is 17.5 Å². The van der Waals surface area contributed by atoms with Crippen molar-refractivity contribution in [3.05, 3.63) is 71.3 Å². The summed E-state index contributed by atoms with van der Waals surface area (Å²) < 4.78 is 5.77. The van der Waals surface area contributed by atoms with Crippen molar-refractivity contribution >= 4 is 23.3 Å². The van der Waals surface area contributed by atoms with Crippen LogP contribution >= 0.6 is 0 Å². The van der Waals surface area contributed by atoms with Crippen LogP contribution in [0.5, 0.6) is 5.75 Å². The molecule has 0 spiro atoms. The number of Topliss-reactive ketones (excluding diaryl/α,β-unsaturated/α-hetero) is 1. The Morgan fingerprint density at radius 1 is 0.966 bits per heavy atom. The molecule has 2 atom stereocenters. The molecular formula is C24H23NO4. The van der Waals surface area contributed by atoms with Crippen molar-refractivity contribution in [2.75, 3.05) is 11.5 Å². The van der Waals surface area contributed by atoms with Gasteiger partial charge >= 0.3 is 0 Å². The van der Waals surface area contributed by atoms with Gasteiger partial charge in [-0.25, -0.2) is 4.90 Å². The van der Waals surface area contributed by atoms with E-state index in [0.717, 1.165) is 11.1 Å². The van der Waals surface area contributed by atoms with Gasteiger partial charge in [0, 0.05) is 5.56 Å². The van der Waals surface area contributed by atoms with Crippen LogP contribution < -0.4 is 9.64 Å². The topological polar surface area (TPSA) is 63.7 Å². The number of ketones is 1. The van der Waals surface area contributed by atoms with Crippen LogP contribution in [-0.2, 0) is 9.59 Å². The molecule has 0 aromatic heterocycles. The summed E-state index contributed by atoms with van der Waals surface area (Å²) in [6.07, 6.45) is 5.08. The van der Waals surface area contributed by atoms with E-state index < -0.39 is 0 Å². The van der Waals surface area contributed by atoms with Crippen molar-refractivity contribution in [1.82, 2.24) is 0 Å². The van der Waals surface area contributed by atoms with E-state index >= 15 is 0 Å². The number of aryl methyl sites for hydroxylation is 2. The first-order valence-electron chi connectivity index (χ1n) is 9.82. The maximum absolute atomic E-state index is 12.9. The quantitative estimate of drug-likeness (QED) is 0.440. The zero-order chi connectivity index (χ0) is 20.5. The number of hydrogen-bond donors (Lipinski definition) is 0. The Kier molecular flexibility index (Phi) is 5.05. The standard InChI is InChI=1S/C24H23NO4/c1-15-11-12-17(13-16(15)2)21(26)14-29-22-10-6-5-9-20(22)25-23(27)18-7-3-4-8-19(18)24(25)28/h3-6,9-13,18-19H,7-8,14H2,1-2H3/t18-,19-/m1/s1. The molecule has 5 nitrogen and oxygen atoms in total. The largest absolute Gasteiger partial charge is 0.483 e. The molecule has 1 fully saturated rings. The zero-order valence-electron chi connectivity index (χ0n) is 16.6. The monoisotopic (exact) mass is 389 g/mol. The third-order valence-corrected chi connectivity index (χ3v) is 5.80. The number of nitrogens with zero attached hydrogens (tertiary/aromatic N) is 1. The number of carbonyl (C=O) groups excluding carboxylic acids is 3. The second-order valence-corrected chi connectivity index (χ2v) is 7.65. The molecule has 0 saturated carbocycles. The predicted molar refractivity (Wildman–Crippen MR) is 110 cm³/mol. The first-order valence-corrected chi connectivity index (χ1v) is 9.82. The van der Waals surface area contributed by atoms with Crippen molar-refractivity contribution in [2.24, 2.45) is 11.8 Å². The van der Waals surface area contributed by atoms with Crippen LogP contribution in [0.1, 0.15) is 34.3 Å². The highest BCUT2D eigenvalue weighted by Crippen LogP contribution is 2.40. The zero-order valence-corrected chi connectivity index (χ0v) is 16.6. The van der Waals surface area contributed by atoms with Gasteiger partial charge in [0.2, 0.25) is 11.8 Å². The highest BCUT2D eigenvalue weighted by atomic mass is 16.5. The minimum absolute atomic E-state index is 0.153. The van der Waals surface area contributed by atoms with Crippen LogP contribution in [0.15, 0.2) is 54.6 Å². The van der Waals surface area contributed by atoms with E-state index in [4.69, 9.17) is 4.74 Å². The molecule has 0 radical (unpaired) electrons. The van der Waals surface area contributed by atoms with Crippen molar-refractivity contribution in [3.63, 3.8) is 0 Å². The maximum atomic E-state index is 12.9. The number of carbonyl (C=O) groups is 3. The Morgan fingerprint density at radius 2 is 1.62 bits per heavy atom. The van der Waals surface area contributed by atoms with Crippen LogP contribution in [0.4, 0.5) is 5.69 Å². The first kappa shape index (κ1) is 19.1. The molecule has 1 heterocycles. The van der Waals surface area contributed by atoms with Crippen molar-refractivity contribution < 1.29 is 19.1 Å². The lowest BCUT2D eigenvalue weighted by atomic mass is 9.85. The SMILES string of the molecule is Cc1ccc(C(=O)COc2ccccc2N2C(=O)[C@@H]3CC=CC[C@H]3C2=O)cc1C. The summed E-state index contributed by atoms with van der Waals surface area (Å²) in [5.41, 5.74) is 3.15. The number of rotatable bonds is 5. The van der Waals surface area contributed by atoms with Gasteiger partial charge in [-0.3, -0.25) is 14.4 Å². The highest BCUT2D eigenvalue weighted by Gasteiger charge is 2.48. The van der Waals surface area contributed by atoms with Crippen LogP contribution in [0.25, 0.3) is 0 Å². The Hall–Kier alpha value is -3.21. The number of fused-ring (bicyclic) bond motifs is 1. The second kappa shape index (κ2) is 7.66. The van der Waals surface area contributed by atoms with Gasteiger partial charge < -0.3 is 4.74 Å². The summed E-state index contributed by atoms with van der Waals surface area (Å²) in [7, 11) is 0. The molecule has 4 rings (SSSR count). The molecule has 29 heavy (non-hydrogen) atoms. The fraction of sp³-hybridized carbons (Fsp3) is 0.292. The summed E-state index contributed by atoms with van der Waals surface area (Å²) in [4.78, 5) is 39.6. The number of allylic oxidation sites excluding steroid dienone is 2. The third-order valence-electron chi connectivity index (χ3n) is 5.80. The van der Waals surface area contributed by atoms with Gasteiger partial charge in [0.1, 0.15) is 5.75 Å². The van der Waals surface area contributed by atoms with E-state index in [0.29, 0.717) is 29.8 Å². The number of amides is 2.